The van der Waals surface area contributed by atoms with Gasteiger partial charge in [0.1, 0.15) is 40.5 Å². The lowest BCUT2D eigenvalue weighted by molar-refractivity contribution is 0.415. The van der Waals surface area contributed by atoms with Crippen LogP contribution in [0.2, 0.25) is 5.02 Å². The predicted molar refractivity (Wildman–Crippen MR) is 157 cm³/mol. The molecule has 0 aliphatic rings. The average molecular weight is 574 g/mol. The molecule has 0 bridgehead atoms. The van der Waals surface area contributed by atoms with E-state index < -0.39 is 5.56 Å². The second kappa shape index (κ2) is 10.6. The maximum atomic E-state index is 13.7. The normalized spacial score (nSPS) is 10.8. The van der Waals surface area contributed by atoms with Gasteiger partial charge in [-0.05, 0) is 66.7 Å². The smallest absolute Gasteiger partial charge is 0.291 e. The fourth-order valence-corrected chi connectivity index (χ4v) is 4.93. The van der Waals surface area contributed by atoms with E-state index in [1.54, 1.807) is 79.7 Å². The molecule has 0 aliphatic carbocycles. The second-order valence-electron chi connectivity index (χ2n) is 9.16. The van der Waals surface area contributed by atoms with Crippen LogP contribution in [0.15, 0.2) is 83.8 Å². The van der Waals surface area contributed by atoms with Gasteiger partial charge < -0.3 is 14.5 Å². The van der Waals surface area contributed by atoms with Gasteiger partial charge in [0.05, 0.1) is 19.9 Å². The molecule has 3 heterocycles. The Balaban J connectivity index is 1.64. The molecule has 0 radical (unpaired) electrons. The van der Waals surface area contributed by atoms with Crippen LogP contribution in [0.25, 0.3) is 45.1 Å². The zero-order valence-corrected chi connectivity index (χ0v) is 23.0. The summed E-state index contributed by atoms with van der Waals surface area (Å²) in [6, 6.07) is 25.6. The van der Waals surface area contributed by atoms with Crippen molar-refractivity contribution in [1.29, 1.82) is 10.5 Å². The van der Waals surface area contributed by atoms with Gasteiger partial charge in [-0.3, -0.25) is 4.79 Å². The number of nitrogens with zero attached hydrogens (tertiary/aromatic N) is 6. The number of hydrogen-bond acceptors (Lipinski definition) is 7. The number of aromatic nitrogens is 5. The van der Waals surface area contributed by atoms with E-state index in [-0.39, 0.29) is 22.3 Å². The number of aromatic amines is 1. The van der Waals surface area contributed by atoms with Gasteiger partial charge in [-0.2, -0.15) is 20.1 Å². The van der Waals surface area contributed by atoms with Crippen molar-refractivity contribution in [3.63, 3.8) is 0 Å². The summed E-state index contributed by atoms with van der Waals surface area (Å²) in [7, 11) is 3.13. The summed E-state index contributed by atoms with van der Waals surface area (Å²) in [5, 5.41) is 30.4. The highest BCUT2D eigenvalue weighted by Gasteiger charge is 2.27. The molecule has 1 N–H and O–H groups in total. The number of halogens is 1. The van der Waals surface area contributed by atoms with Gasteiger partial charge in [0.15, 0.2) is 11.5 Å². The topological polar surface area (TPSA) is 134 Å². The number of ether oxygens (including phenoxy) is 2. The predicted octanol–water partition coefficient (Wildman–Crippen LogP) is 5.62. The van der Waals surface area contributed by atoms with Crippen molar-refractivity contribution in [3.05, 3.63) is 105 Å². The van der Waals surface area contributed by atoms with Gasteiger partial charge in [-0.25, -0.2) is 4.68 Å². The number of rotatable bonds is 6. The van der Waals surface area contributed by atoms with E-state index in [2.05, 4.69) is 16.2 Å². The molecular weight excluding hydrogens is 554 g/mol. The maximum absolute atomic E-state index is 13.7. The van der Waals surface area contributed by atoms with Crippen LogP contribution in [0.3, 0.4) is 0 Å². The van der Waals surface area contributed by atoms with Crippen LogP contribution < -0.4 is 15.0 Å². The first-order valence-corrected chi connectivity index (χ1v) is 13.0. The monoisotopic (exact) mass is 573 g/mol. The second-order valence-corrected chi connectivity index (χ2v) is 9.60. The Morgan fingerprint density at radius 3 is 2.10 bits per heavy atom. The zero-order valence-electron chi connectivity index (χ0n) is 22.3. The Labute approximate surface area is 244 Å². The number of hydrogen-bond donors (Lipinski definition) is 1. The third-order valence-electron chi connectivity index (χ3n) is 6.80. The molecule has 0 atom stereocenters. The Morgan fingerprint density at radius 2 is 1.50 bits per heavy atom. The Bertz CT molecular complexity index is 2110. The molecule has 42 heavy (non-hydrogen) atoms. The molecule has 11 heteroatoms. The molecule has 3 aromatic carbocycles. The molecule has 0 unspecified atom stereocenters. The minimum atomic E-state index is -0.673. The van der Waals surface area contributed by atoms with Gasteiger partial charge in [-0.15, -0.1) is 5.10 Å². The number of nitrogens with one attached hydrogen (secondary N) is 1. The van der Waals surface area contributed by atoms with Crippen LogP contribution in [0, 0.1) is 22.7 Å². The number of pyridine rings is 1. The highest BCUT2D eigenvalue weighted by atomic mass is 35.5. The number of H-pyrrole nitrogens is 1. The molecule has 0 saturated heterocycles. The van der Waals surface area contributed by atoms with E-state index in [4.69, 9.17) is 26.2 Å². The van der Waals surface area contributed by atoms with Crippen LogP contribution in [0.5, 0.6) is 11.5 Å². The van der Waals surface area contributed by atoms with Gasteiger partial charge in [0.2, 0.25) is 0 Å². The minimum Gasteiger partial charge on any atom is -0.497 e. The van der Waals surface area contributed by atoms with E-state index in [9.17, 15) is 15.3 Å². The summed E-state index contributed by atoms with van der Waals surface area (Å²) < 4.78 is 13.2. The van der Waals surface area contributed by atoms with E-state index in [0.717, 1.165) is 4.52 Å². The van der Waals surface area contributed by atoms with Crippen LogP contribution in [0.4, 0.5) is 0 Å². The van der Waals surface area contributed by atoms with E-state index >= 15 is 0 Å². The fourth-order valence-electron chi connectivity index (χ4n) is 4.74. The third kappa shape index (κ3) is 4.42. The van der Waals surface area contributed by atoms with Gasteiger partial charge >= 0.3 is 0 Å². The molecule has 0 fully saturated rings. The summed E-state index contributed by atoms with van der Waals surface area (Å²) in [6.07, 6.45) is 1.68. The van der Waals surface area contributed by atoms with Crippen molar-refractivity contribution >= 4 is 17.2 Å². The van der Waals surface area contributed by atoms with Crippen molar-refractivity contribution < 1.29 is 9.47 Å². The molecule has 3 aromatic heterocycles. The summed E-state index contributed by atoms with van der Waals surface area (Å²) in [5.41, 5.74) is 2.32. The van der Waals surface area contributed by atoms with Gasteiger partial charge in [0, 0.05) is 33.5 Å². The zero-order chi connectivity index (χ0) is 29.4. The first-order valence-electron chi connectivity index (χ1n) is 12.6. The van der Waals surface area contributed by atoms with Crippen LogP contribution >= 0.6 is 11.6 Å². The van der Waals surface area contributed by atoms with Crippen LogP contribution in [-0.2, 0) is 0 Å². The van der Waals surface area contributed by atoms with Crippen molar-refractivity contribution in [2.24, 2.45) is 0 Å². The van der Waals surface area contributed by atoms with Crippen LogP contribution in [-0.4, -0.2) is 38.6 Å². The van der Waals surface area contributed by atoms with Crippen molar-refractivity contribution in [2.45, 2.75) is 0 Å². The van der Waals surface area contributed by atoms with Gasteiger partial charge in [0.25, 0.3) is 5.56 Å². The molecule has 6 rings (SSSR count). The summed E-state index contributed by atoms with van der Waals surface area (Å²) >= 11 is 6.26. The molecule has 6 aromatic rings. The Kier molecular flexibility index (Phi) is 6.67. The summed E-state index contributed by atoms with van der Waals surface area (Å²) in [4.78, 5) is 16.8. The molecule has 0 spiro atoms. The van der Waals surface area contributed by atoms with Gasteiger partial charge in [-0.1, -0.05) is 17.7 Å². The Morgan fingerprint density at radius 1 is 0.857 bits per heavy atom. The lowest BCUT2D eigenvalue weighted by Gasteiger charge is -2.08. The molecule has 0 amide bonds. The maximum Gasteiger partial charge on any atom is 0.291 e. The Hall–Kier alpha value is -5.84. The third-order valence-corrected chi connectivity index (χ3v) is 7.03. The lowest BCUT2D eigenvalue weighted by Crippen LogP contribution is -2.20. The van der Waals surface area contributed by atoms with Crippen molar-refractivity contribution in [2.75, 3.05) is 14.2 Å². The molecular formula is C31H20ClN7O3. The molecule has 0 saturated carbocycles. The number of methoxy groups -OCH3 is 2. The number of fused-ring (bicyclic) bond motifs is 1. The fraction of sp³-hybridized carbons (Fsp3) is 0.0645. The van der Waals surface area contributed by atoms with Crippen molar-refractivity contribution in [3.8, 4) is 63.1 Å². The SMILES string of the molecule is COc1ccc(-c2nn3c(=O)c(C#N)c(-c4cn(-c5cccc(Cl)c5)nc4-c4ccc(OC)cc4)c(C#N)c3[nH]2)cc1. The lowest BCUT2D eigenvalue weighted by atomic mass is 9.95. The number of nitriles is 2. The largest absolute Gasteiger partial charge is 0.497 e. The minimum absolute atomic E-state index is 0.0683. The molecule has 204 valence electrons. The van der Waals surface area contributed by atoms with E-state index in [0.29, 0.717) is 50.4 Å². The molecule has 0 aliphatic heterocycles. The summed E-state index contributed by atoms with van der Waals surface area (Å²) in [5.74, 6) is 1.65. The first-order chi connectivity index (χ1) is 20.4. The van der Waals surface area contributed by atoms with Crippen molar-refractivity contribution in [1.82, 2.24) is 24.4 Å². The van der Waals surface area contributed by atoms with E-state index in [1.165, 1.54) is 0 Å². The highest BCUT2D eigenvalue weighted by molar-refractivity contribution is 6.30. The number of benzene rings is 3. The van der Waals surface area contributed by atoms with Crippen LogP contribution in [0.1, 0.15) is 11.1 Å². The highest BCUT2D eigenvalue weighted by Crippen LogP contribution is 2.37. The molecule has 10 nitrogen and oxygen atoms in total. The quantitative estimate of drug-likeness (QED) is 0.273. The standard InChI is InChI=1S/C31H20ClN7O3/c1-41-22-10-6-18(7-11-22)28-26(17-38(36-28)21-5-3-4-20(32)14-21)27-24(15-33)30-35-29(19-8-12-23(42-2)13-9-19)37-39(30)31(40)25(27)16-34/h3-14,17H,1-2H3,(H,35,37). The summed E-state index contributed by atoms with van der Waals surface area (Å²) in [6.45, 7) is 0. The van der Waals surface area contributed by atoms with E-state index in [1.807, 2.05) is 24.3 Å². The average Bonchev–Trinajstić information content (AvgIpc) is 3.67. The first kappa shape index (κ1) is 26.4.